The van der Waals surface area contributed by atoms with Gasteiger partial charge in [0.2, 0.25) is 27.7 Å². The molecule has 3 fully saturated rings. The highest BCUT2D eigenvalue weighted by Crippen LogP contribution is 2.48. The monoisotopic (exact) mass is 793 g/mol. The highest BCUT2D eigenvalue weighted by Gasteiger charge is 2.63. The summed E-state index contributed by atoms with van der Waals surface area (Å²) in [6.07, 6.45) is 7.11. The number of fused-ring (bicyclic) bond motifs is 5. The lowest BCUT2D eigenvalue weighted by Gasteiger charge is -2.33. The van der Waals surface area contributed by atoms with E-state index >= 15 is 0 Å². The molecule has 15 heteroatoms. The number of nitrogens with zero attached hydrogens (tertiary/aromatic N) is 2. The maximum Gasteiger partial charge on any atom is 0.408 e. The molecule has 1 aromatic carbocycles. The molecule has 4 heterocycles. The third kappa shape index (κ3) is 8.05. The first-order valence-electron chi connectivity index (χ1n) is 20.0. The molecular formula is C41H55N5O9S. The SMILES string of the molecule is C[C@H]1CC/C=C\[C@@H]2C[C@@]2(C(=O)NS(=O)(=O)C2(C)CC2)NC(=O)[C@@H]2C[C@@H](Oc3nc4c(c5ccccc35)OCCC4)CN2C(=O)[C@@H](NC(=O)OC(C)(C)C)[C@H](C)C1. The number of pyridine rings is 1. The van der Waals surface area contributed by atoms with Gasteiger partial charge < -0.3 is 29.7 Å². The van der Waals surface area contributed by atoms with E-state index in [-0.39, 0.29) is 31.2 Å². The zero-order valence-corrected chi connectivity index (χ0v) is 34.0. The Bertz CT molecular complexity index is 2040. The Kier molecular flexibility index (Phi) is 10.5. The maximum absolute atomic E-state index is 14.9. The van der Waals surface area contributed by atoms with Crippen molar-refractivity contribution < 1.29 is 41.8 Å². The van der Waals surface area contributed by atoms with Crippen molar-refractivity contribution in [2.24, 2.45) is 17.8 Å². The average Bonchev–Trinajstić information content (AvgIpc) is 4.01. The number of hydrogen-bond donors (Lipinski definition) is 3. The van der Waals surface area contributed by atoms with E-state index in [0.29, 0.717) is 44.6 Å². The first kappa shape index (κ1) is 39.8. The van der Waals surface area contributed by atoms with Gasteiger partial charge in [-0.05, 0) is 97.0 Å². The van der Waals surface area contributed by atoms with Crippen molar-refractivity contribution in [1.82, 2.24) is 25.2 Å². The second kappa shape index (κ2) is 14.8. The highest BCUT2D eigenvalue weighted by molar-refractivity contribution is 7.91. The maximum atomic E-state index is 14.9. The van der Waals surface area contributed by atoms with E-state index in [1.165, 1.54) is 4.90 Å². The van der Waals surface area contributed by atoms with Gasteiger partial charge in [-0.15, -0.1) is 0 Å². The lowest BCUT2D eigenvalue weighted by molar-refractivity contribution is -0.142. The van der Waals surface area contributed by atoms with Gasteiger partial charge in [0, 0.05) is 23.1 Å². The number of aromatic nitrogens is 1. The van der Waals surface area contributed by atoms with Crippen LogP contribution in [0.4, 0.5) is 4.79 Å². The molecule has 2 aliphatic carbocycles. The van der Waals surface area contributed by atoms with Crippen LogP contribution in [0.2, 0.25) is 0 Å². The summed E-state index contributed by atoms with van der Waals surface area (Å²) >= 11 is 0. The zero-order valence-electron chi connectivity index (χ0n) is 33.2. The van der Waals surface area contributed by atoms with E-state index in [0.717, 1.165) is 35.1 Å². The quantitative estimate of drug-likeness (QED) is 0.347. The summed E-state index contributed by atoms with van der Waals surface area (Å²) in [5, 5.41) is 7.34. The fraction of sp³-hybridized carbons (Fsp3) is 0.634. The largest absolute Gasteiger partial charge is 0.491 e. The van der Waals surface area contributed by atoms with E-state index in [1.807, 2.05) is 43.3 Å². The summed E-state index contributed by atoms with van der Waals surface area (Å²) in [5.74, 6) is -1.44. The summed E-state index contributed by atoms with van der Waals surface area (Å²) in [7, 11) is -4.00. The van der Waals surface area contributed by atoms with E-state index in [9.17, 15) is 27.6 Å². The van der Waals surface area contributed by atoms with Crippen molar-refractivity contribution >= 4 is 44.6 Å². The van der Waals surface area contributed by atoms with Crippen LogP contribution >= 0.6 is 0 Å². The molecule has 7 rings (SSSR count). The molecule has 14 nitrogen and oxygen atoms in total. The fourth-order valence-corrected chi connectivity index (χ4v) is 9.59. The normalized spacial score (nSPS) is 30.9. The minimum atomic E-state index is -4.00. The lowest BCUT2D eigenvalue weighted by Crippen LogP contribution is -2.59. The number of hydrogen-bond acceptors (Lipinski definition) is 10. The molecule has 2 saturated carbocycles. The summed E-state index contributed by atoms with van der Waals surface area (Å²) in [6.45, 7) is 11.4. The number of amides is 4. The van der Waals surface area contributed by atoms with Crippen LogP contribution in [0.1, 0.15) is 98.6 Å². The molecule has 0 radical (unpaired) electrons. The van der Waals surface area contributed by atoms with Gasteiger partial charge in [-0.1, -0.05) is 44.2 Å². The van der Waals surface area contributed by atoms with Crippen molar-refractivity contribution in [3.63, 3.8) is 0 Å². The number of carbonyl (C=O) groups is 4. The van der Waals surface area contributed by atoms with Crippen molar-refractivity contribution in [3.05, 3.63) is 42.1 Å². The number of rotatable bonds is 6. The van der Waals surface area contributed by atoms with Crippen molar-refractivity contribution in [2.75, 3.05) is 13.2 Å². The van der Waals surface area contributed by atoms with Gasteiger partial charge in [0.05, 0.1) is 23.6 Å². The van der Waals surface area contributed by atoms with Gasteiger partial charge >= 0.3 is 6.09 Å². The van der Waals surface area contributed by atoms with Gasteiger partial charge in [-0.25, -0.2) is 18.2 Å². The second-order valence-electron chi connectivity index (χ2n) is 17.8. The summed E-state index contributed by atoms with van der Waals surface area (Å²) in [6, 6.07) is 5.48. The van der Waals surface area contributed by atoms with E-state index in [1.54, 1.807) is 27.7 Å². The van der Waals surface area contributed by atoms with Crippen LogP contribution in [0.3, 0.4) is 0 Å². The van der Waals surface area contributed by atoms with Crippen LogP contribution in [0, 0.1) is 17.8 Å². The molecule has 3 N–H and O–H groups in total. The summed E-state index contributed by atoms with van der Waals surface area (Å²) < 4.78 is 45.9. The standard InChI is InChI=1S/C41H55N5O9S/c1-24-12-7-8-13-26-22-41(26,37(49)45-56(51,52)40(6)17-18-40)44-34(47)31-21-27(23-46(31)36(48)32(25(2)20-24)43-38(50)55-39(3,4)5)54-35-29-15-10-9-14-28(29)33-30(42-35)16-11-19-53-33/h8-10,13-15,24-27,31-32H,7,11-12,16-23H2,1-6H3,(H,43,50)(H,44,47)(H,45,49)/b13-8-/t24-,25+,26+,27+,31-,32-,41+/m0/s1. The Labute approximate surface area is 328 Å². The number of nitrogens with one attached hydrogen (secondary N) is 3. The molecule has 2 aromatic rings. The summed E-state index contributed by atoms with van der Waals surface area (Å²) in [4.78, 5) is 62.9. The number of carbonyl (C=O) groups excluding carboxylic acids is 4. The molecule has 56 heavy (non-hydrogen) atoms. The van der Waals surface area contributed by atoms with Gasteiger partial charge in [0.15, 0.2) is 0 Å². The van der Waals surface area contributed by atoms with Crippen LogP contribution in [0.15, 0.2) is 36.4 Å². The first-order chi connectivity index (χ1) is 26.4. The predicted molar refractivity (Wildman–Crippen MR) is 208 cm³/mol. The molecule has 5 aliphatic rings. The molecule has 0 spiro atoms. The highest BCUT2D eigenvalue weighted by atomic mass is 32.2. The van der Waals surface area contributed by atoms with Crippen LogP contribution in [0.25, 0.3) is 10.8 Å². The zero-order chi connectivity index (χ0) is 40.2. The average molecular weight is 794 g/mol. The van der Waals surface area contributed by atoms with Gasteiger partial charge in [0.25, 0.3) is 5.91 Å². The van der Waals surface area contributed by atoms with E-state index in [2.05, 4.69) is 22.3 Å². The smallest absolute Gasteiger partial charge is 0.408 e. The number of benzene rings is 1. The van der Waals surface area contributed by atoms with Crippen molar-refractivity contribution in [3.8, 4) is 11.6 Å². The van der Waals surface area contributed by atoms with Crippen LogP contribution < -0.4 is 24.8 Å². The van der Waals surface area contributed by atoms with Crippen LogP contribution in [-0.2, 0) is 35.6 Å². The topological polar surface area (TPSA) is 182 Å². The predicted octanol–water partition coefficient (Wildman–Crippen LogP) is 4.69. The Morgan fingerprint density at radius 2 is 1.82 bits per heavy atom. The number of aryl methyl sites for hydroxylation is 1. The van der Waals surface area contributed by atoms with Gasteiger partial charge in [-0.3, -0.25) is 19.1 Å². The molecule has 1 aromatic heterocycles. The minimum Gasteiger partial charge on any atom is -0.491 e. The number of allylic oxidation sites excluding steroid dienone is 1. The third-order valence-electron chi connectivity index (χ3n) is 11.9. The van der Waals surface area contributed by atoms with Crippen LogP contribution in [-0.4, -0.2) is 89.3 Å². The Hall–Kier alpha value is -4.40. The first-order valence-corrected chi connectivity index (χ1v) is 21.4. The second-order valence-corrected chi connectivity index (χ2v) is 20.0. The van der Waals surface area contributed by atoms with Crippen LogP contribution in [0.5, 0.6) is 11.6 Å². The molecule has 3 aliphatic heterocycles. The van der Waals surface area contributed by atoms with Crippen molar-refractivity contribution in [1.29, 1.82) is 0 Å². The number of alkyl carbamates (subject to hydrolysis) is 1. The third-order valence-corrected chi connectivity index (χ3v) is 14.1. The van der Waals surface area contributed by atoms with E-state index < -0.39 is 73.8 Å². The fourth-order valence-electron chi connectivity index (χ4n) is 8.28. The molecule has 7 atom stereocenters. The van der Waals surface area contributed by atoms with E-state index in [4.69, 9.17) is 19.2 Å². The Balaban J connectivity index is 1.24. The number of ether oxygens (including phenoxy) is 3. The molecule has 304 valence electrons. The minimum absolute atomic E-state index is 0.00938. The molecule has 1 saturated heterocycles. The number of sulfonamides is 1. The van der Waals surface area contributed by atoms with Gasteiger partial charge in [-0.2, -0.15) is 0 Å². The van der Waals surface area contributed by atoms with Crippen molar-refractivity contribution in [2.45, 2.75) is 133 Å². The molecule has 0 bridgehead atoms. The molecule has 0 unspecified atom stereocenters. The Morgan fingerprint density at radius 1 is 1.09 bits per heavy atom. The summed E-state index contributed by atoms with van der Waals surface area (Å²) in [5.41, 5.74) is -1.57. The Morgan fingerprint density at radius 3 is 2.54 bits per heavy atom. The molecule has 4 amide bonds. The lowest BCUT2D eigenvalue weighted by atomic mass is 9.88. The molecular weight excluding hydrogens is 739 g/mol. The van der Waals surface area contributed by atoms with Gasteiger partial charge in [0.1, 0.15) is 35.1 Å².